The molecule has 0 aliphatic heterocycles. The number of aromatic nitrogens is 2. The molecule has 2 heterocycles. The summed E-state index contributed by atoms with van der Waals surface area (Å²) in [5, 5.41) is 88.3. The van der Waals surface area contributed by atoms with Gasteiger partial charge in [0, 0.05) is 79.3 Å². The molecule has 0 radical (unpaired) electrons. The molecule has 45 heteroatoms. The minimum atomic E-state index is -1.83. The van der Waals surface area contributed by atoms with Crippen molar-refractivity contribution >= 4 is 128 Å². The number of H-pyrrole nitrogens is 2. The van der Waals surface area contributed by atoms with Crippen LogP contribution in [0.15, 0.2) is 140 Å². The molecule has 16 atom stereocenters. The molecule has 5 aromatic carbocycles. The summed E-state index contributed by atoms with van der Waals surface area (Å²) >= 11 is 0. The molecular formula is C97H136N24O21. The Bertz CT molecular complexity index is 5470. The third-order valence-corrected chi connectivity index (χ3v) is 23.7. The quantitative estimate of drug-likeness (QED) is 0.0107. The fourth-order valence-corrected chi connectivity index (χ4v) is 15.5. The van der Waals surface area contributed by atoms with Crippen LogP contribution in [-0.2, 0) is 114 Å². The molecule has 0 fully saturated rings. The van der Waals surface area contributed by atoms with Crippen LogP contribution in [0, 0.1) is 17.2 Å². The standard InChI is InChI=1S/C97H136N24O21/c1-7-53(4)81(121-93(138)76(47-60-50-107-67-26-14-12-23-64(60)67)119-90(135)72(43-56-20-9-8-10-21-56)117-89(134)74(45-58-31-35-62(124)36-32-58)116-86(131)69(37-38-79(101)125)110-84(129)65(100)24-19-41-105-97(103)104)95(140)109-55(6)83(128)113-75(46-59-49-106-66-25-13-11-22-63(59)66)91(136)118-73(44-57-29-33-61(123)34-30-57)88(133)111-68(27-15-17-39-98)85(130)115-71(42-52(2)3)87(132)108-54(5)82(127)114-77(48-80(102)126)92(137)120-78(51-122)94(139)112-70(96(141)142)28-16-18-40-99/h8-14,20-23,25-26,29-36,49-50,52-55,65,68-78,81,106-107,122-124H,7,15-19,24,27-28,37-48,51,98-100H2,1-6H3,(H2,101,125)(H2,102,126)(H,108,132)(H,109,140)(H,110,129)(H,111,133)(H,112,139)(H,113,128)(H,114,127)(H,115,130)(H,116,131)(H,117,134)(H,118,136)(H,119,135)(H,120,137)(H,121,138)(H,141,142)(H4,103,104,105)/t53-,54-,55-,65-,68-,69-,70-,71-,72-,73-,74-,75-,76-,77-,78-,81-/m0/s1. The van der Waals surface area contributed by atoms with Gasteiger partial charge in [-0.25, -0.2) is 4.79 Å². The van der Waals surface area contributed by atoms with E-state index >= 15 is 33.6 Å². The number of phenols is 2. The van der Waals surface area contributed by atoms with Crippen molar-refractivity contribution in [3.8, 4) is 11.5 Å². The highest BCUT2D eigenvalue weighted by atomic mass is 16.4. The van der Waals surface area contributed by atoms with Gasteiger partial charge in [0.05, 0.1) is 19.1 Å². The summed E-state index contributed by atoms with van der Waals surface area (Å²) in [7, 11) is 0. The van der Waals surface area contributed by atoms with Gasteiger partial charge in [0.15, 0.2) is 5.96 Å². The van der Waals surface area contributed by atoms with E-state index in [1.165, 1.54) is 62.4 Å². The number of unbranched alkanes of at least 4 members (excludes halogenated alkanes) is 2. The molecule has 0 saturated heterocycles. The lowest BCUT2D eigenvalue weighted by Crippen LogP contribution is -2.62. The highest BCUT2D eigenvalue weighted by molar-refractivity contribution is 6.02. The summed E-state index contributed by atoms with van der Waals surface area (Å²) in [4.78, 5) is 248. The summed E-state index contributed by atoms with van der Waals surface area (Å²) < 4.78 is 0. The number of carbonyl (C=O) groups excluding carboxylic acids is 16. The number of carbonyl (C=O) groups is 17. The van der Waals surface area contributed by atoms with Crippen LogP contribution in [0.5, 0.6) is 11.5 Å². The van der Waals surface area contributed by atoms with Crippen molar-refractivity contribution in [1.82, 2.24) is 89.7 Å². The third-order valence-electron chi connectivity index (χ3n) is 23.7. The first-order valence-corrected chi connectivity index (χ1v) is 47.2. The first-order valence-electron chi connectivity index (χ1n) is 47.2. The van der Waals surface area contributed by atoms with E-state index in [1.807, 2.05) is 0 Å². The highest BCUT2D eigenvalue weighted by Gasteiger charge is 2.40. The van der Waals surface area contributed by atoms with Crippen molar-refractivity contribution < 1.29 is 102 Å². The van der Waals surface area contributed by atoms with Crippen LogP contribution in [0.3, 0.4) is 0 Å². The van der Waals surface area contributed by atoms with Crippen LogP contribution in [0.1, 0.15) is 153 Å². The number of nitrogens with one attached hydrogen (secondary N) is 18. The van der Waals surface area contributed by atoms with Gasteiger partial charge in [-0.05, 0) is 167 Å². The number of aromatic hydroxyl groups is 2. The van der Waals surface area contributed by atoms with Crippen molar-refractivity contribution in [2.75, 3.05) is 26.2 Å². The number of hydrogen-bond donors (Lipinski definition) is 28. The van der Waals surface area contributed by atoms with Crippen molar-refractivity contribution in [2.24, 2.45) is 46.2 Å². The van der Waals surface area contributed by atoms with Gasteiger partial charge in [-0.15, -0.1) is 0 Å². The first-order chi connectivity index (χ1) is 67.6. The van der Waals surface area contributed by atoms with E-state index in [-0.39, 0.29) is 126 Å². The number of carboxylic acid groups (broad SMARTS) is 1. The van der Waals surface area contributed by atoms with Crippen molar-refractivity contribution in [1.29, 1.82) is 5.41 Å². The maximum absolute atomic E-state index is 15.5. The second kappa shape index (κ2) is 57.4. The maximum atomic E-state index is 15.5. The molecule has 142 heavy (non-hydrogen) atoms. The Morgan fingerprint density at radius 3 is 1.18 bits per heavy atom. The predicted molar refractivity (Wildman–Crippen MR) is 525 cm³/mol. The van der Waals surface area contributed by atoms with Gasteiger partial charge < -0.3 is 145 Å². The summed E-state index contributed by atoms with van der Waals surface area (Å²) in [5.41, 5.74) is 37.6. The second-order valence-electron chi connectivity index (χ2n) is 35.5. The predicted octanol–water partition coefficient (Wildman–Crippen LogP) is -2.44. The minimum Gasteiger partial charge on any atom is -0.508 e. The zero-order valence-corrected chi connectivity index (χ0v) is 80.3. The molecule has 0 aliphatic rings. The fourth-order valence-electron chi connectivity index (χ4n) is 15.5. The number of rotatable bonds is 61. The Kier molecular flexibility index (Phi) is 46.1. The van der Waals surface area contributed by atoms with Crippen LogP contribution in [-0.4, -0.2) is 254 Å². The van der Waals surface area contributed by atoms with E-state index in [2.05, 4.69) is 89.7 Å². The Hall–Kier alpha value is -15.1. The summed E-state index contributed by atoms with van der Waals surface area (Å²) in [6.45, 7) is 8.88. The normalized spacial score (nSPS) is 14.6. The number of benzene rings is 5. The maximum Gasteiger partial charge on any atom is 0.326 e. The molecule has 7 aromatic rings. The number of nitrogens with two attached hydrogens (primary N) is 6. The molecular weight excluding hydrogens is 1840 g/mol. The summed E-state index contributed by atoms with van der Waals surface area (Å²) in [6, 6.07) is 10.7. The lowest BCUT2D eigenvalue weighted by Gasteiger charge is -2.29. The van der Waals surface area contributed by atoms with Crippen LogP contribution < -0.4 is 114 Å². The highest BCUT2D eigenvalue weighted by Crippen LogP contribution is 2.24. The minimum absolute atomic E-state index is 0.0448. The van der Waals surface area contributed by atoms with E-state index in [0.717, 1.165) is 0 Å². The van der Waals surface area contributed by atoms with E-state index in [0.29, 0.717) is 68.9 Å². The van der Waals surface area contributed by atoms with E-state index in [4.69, 9.17) is 39.8 Å². The monoisotopic (exact) mass is 1970 g/mol. The van der Waals surface area contributed by atoms with Gasteiger partial charge >= 0.3 is 5.97 Å². The van der Waals surface area contributed by atoms with E-state index in [1.54, 1.807) is 119 Å². The Morgan fingerprint density at radius 2 is 0.739 bits per heavy atom. The number of amides is 16. The van der Waals surface area contributed by atoms with Gasteiger partial charge in [-0.3, -0.25) is 82.1 Å². The van der Waals surface area contributed by atoms with Gasteiger partial charge in [-0.2, -0.15) is 0 Å². The van der Waals surface area contributed by atoms with Gasteiger partial charge in [0.1, 0.15) is 96.1 Å². The number of carboxylic acids is 1. The average Bonchev–Trinajstić information content (AvgIpc) is 1.67. The lowest BCUT2D eigenvalue weighted by atomic mass is 9.96. The van der Waals surface area contributed by atoms with Gasteiger partial charge in [0.2, 0.25) is 94.5 Å². The van der Waals surface area contributed by atoms with Gasteiger partial charge in [-0.1, -0.05) is 125 Å². The summed E-state index contributed by atoms with van der Waals surface area (Å²) in [6.07, 6.45) is 1.91. The molecule has 0 spiro atoms. The Labute approximate surface area is 820 Å². The number of hydrogen-bond acceptors (Lipinski definition) is 24. The van der Waals surface area contributed by atoms with Crippen molar-refractivity contribution in [3.63, 3.8) is 0 Å². The average molecular weight is 1970 g/mol. The largest absolute Gasteiger partial charge is 0.508 e. The Morgan fingerprint density at radius 1 is 0.373 bits per heavy atom. The number of guanidine groups is 1. The molecule has 0 saturated carbocycles. The SMILES string of the molecule is CC[C@H](C)[C@H](NC(=O)[C@H](Cc1c[nH]c2ccccc12)NC(=O)[C@H](Cc1ccccc1)NC(=O)[C@H](Cc1ccc(O)cc1)NC(=O)[C@H](CCC(N)=O)NC(=O)[C@@H](N)CCCNC(=N)N)C(=O)N[C@@H](C)C(=O)N[C@@H](Cc1c[nH]c2ccccc12)C(=O)N[C@@H](Cc1ccc(O)cc1)C(=O)N[C@@H](CCCCN)C(=O)N[C@@H](CC(C)C)C(=O)N[C@@H](C)C(=O)N[C@@H](CC(N)=O)C(=O)N[C@@H](CO)C(=O)N[C@@H](CCCCN)C(=O)O. The number of primary amides is 2. The first kappa shape index (κ1) is 114. The van der Waals surface area contributed by atoms with E-state index < -0.39 is 216 Å². The number of aliphatic hydroxyl groups excluding tert-OH is 1. The van der Waals surface area contributed by atoms with Crippen LogP contribution >= 0.6 is 0 Å². The molecule has 7 rings (SSSR count). The molecule has 45 nitrogen and oxygen atoms in total. The number of phenolic OH excluding ortho intramolecular Hbond substituents is 2. The van der Waals surface area contributed by atoms with Crippen LogP contribution in [0.4, 0.5) is 0 Å². The molecule has 0 unspecified atom stereocenters. The molecule has 770 valence electrons. The smallest absolute Gasteiger partial charge is 0.326 e. The van der Waals surface area contributed by atoms with Crippen LogP contribution in [0.2, 0.25) is 0 Å². The van der Waals surface area contributed by atoms with Crippen molar-refractivity contribution in [3.05, 3.63) is 168 Å². The van der Waals surface area contributed by atoms with Crippen LogP contribution in [0.25, 0.3) is 21.8 Å². The number of aromatic amines is 2. The summed E-state index contributed by atoms with van der Waals surface area (Å²) in [5.74, 6) is -18.6. The number of para-hydroxylation sites is 2. The molecule has 0 bridgehead atoms. The Balaban J connectivity index is 1.14. The van der Waals surface area contributed by atoms with Crippen molar-refractivity contribution in [2.45, 2.75) is 248 Å². The zero-order chi connectivity index (χ0) is 104. The lowest BCUT2D eigenvalue weighted by molar-refractivity contribution is -0.143. The fraction of sp³-hybridized carbons (Fsp3) is 0.464. The van der Waals surface area contributed by atoms with E-state index in [9.17, 15) is 68.4 Å². The van der Waals surface area contributed by atoms with Gasteiger partial charge in [0.25, 0.3) is 0 Å². The second-order valence-corrected chi connectivity index (χ2v) is 35.5. The topological polar surface area (TPSA) is 763 Å². The number of aliphatic carboxylic acids is 1. The molecule has 0 aliphatic carbocycles. The zero-order valence-electron chi connectivity index (χ0n) is 80.3. The number of aliphatic hydroxyl groups is 1. The third kappa shape index (κ3) is 37.2. The molecule has 16 amide bonds. The molecule has 34 N–H and O–H groups in total. The molecule has 2 aromatic heterocycles. The number of fused-ring (bicyclic) bond motifs is 2.